The van der Waals surface area contributed by atoms with E-state index in [4.69, 9.17) is 4.74 Å². The van der Waals surface area contributed by atoms with E-state index >= 15 is 0 Å². The van der Waals surface area contributed by atoms with Crippen molar-refractivity contribution in [1.29, 1.82) is 0 Å². The SMILES string of the molecule is CCN(CC)C(=O)CC1CC(c2ccc(C(F)(F)F)cc2)CN(C(=O)N2CCOCC2)C1. The number of carbonyl (C=O) groups excluding carboxylic acids is 2. The molecular weight excluding hydrogens is 423 g/mol. The number of halogens is 3. The summed E-state index contributed by atoms with van der Waals surface area (Å²) in [6, 6.07) is 5.09. The summed E-state index contributed by atoms with van der Waals surface area (Å²) in [6.45, 7) is 8.03. The Morgan fingerprint density at radius 2 is 1.66 bits per heavy atom. The van der Waals surface area contributed by atoms with Crippen LogP contribution in [-0.2, 0) is 15.7 Å². The highest BCUT2D eigenvalue weighted by Crippen LogP contribution is 2.35. The molecule has 1 aromatic rings. The fraction of sp³-hybridized carbons (Fsp3) is 0.652. The fourth-order valence-electron chi connectivity index (χ4n) is 4.60. The molecule has 32 heavy (non-hydrogen) atoms. The number of morpholine rings is 1. The second-order valence-electron chi connectivity index (χ2n) is 8.48. The van der Waals surface area contributed by atoms with Crippen LogP contribution in [-0.4, -0.2) is 79.1 Å². The van der Waals surface area contributed by atoms with Crippen molar-refractivity contribution < 1.29 is 27.5 Å². The van der Waals surface area contributed by atoms with Gasteiger partial charge in [0.05, 0.1) is 18.8 Å². The first-order chi connectivity index (χ1) is 15.2. The highest BCUT2D eigenvalue weighted by Gasteiger charge is 2.35. The van der Waals surface area contributed by atoms with Crippen LogP contribution in [0.5, 0.6) is 0 Å². The van der Waals surface area contributed by atoms with E-state index in [0.717, 1.165) is 17.7 Å². The molecule has 0 radical (unpaired) electrons. The lowest BCUT2D eigenvalue weighted by Crippen LogP contribution is -2.52. The maximum Gasteiger partial charge on any atom is 0.416 e. The summed E-state index contributed by atoms with van der Waals surface area (Å²) >= 11 is 0. The number of alkyl halides is 3. The number of likely N-dealkylation sites (tertiary alicyclic amines) is 1. The van der Waals surface area contributed by atoms with Crippen LogP contribution in [0.15, 0.2) is 24.3 Å². The van der Waals surface area contributed by atoms with E-state index in [2.05, 4.69) is 0 Å². The average molecular weight is 456 g/mol. The summed E-state index contributed by atoms with van der Waals surface area (Å²) < 4.78 is 44.3. The molecule has 178 valence electrons. The Balaban J connectivity index is 1.79. The predicted molar refractivity (Wildman–Crippen MR) is 114 cm³/mol. The lowest BCUT2D eigenvalue weighted by atomic mass is 9.82. The van der Waals surface area contributed by atoms with Crippen LogP contribution >= 0.6 is 0 Å². The predicted octanol–water partition coefficient (Wildman–Crippen LogP) is 3.82. The molecule has 2 heterocycles. The molecule has 9 heteroatoms. The van der Waals surface area contributed by atoms with Crippen LogP contribution in [0, 0.1) is 5.92 Å². The molecule has 2 atom stereocenters. The Hall–Kier alpha value is -2.29. The summed E-state index contributed by atoms with van der Waals surface area (Å²) in [5, 5.41) is 0. The van der Waals surface area contributed by atoms with Gasteiger partial charge in [-0.2, -0.15) is 13.2 Å². The van der Waals surface area contributed by atoms with Gasteiger partial charge in [0.15, 0.2) is 0 Å². The van der Waals surface area contributed by atoms with Gasteiger partial charge in [0, 0.05) is 51.6 Å². The second-order valence-corrected chi connectivity index (χ2v) is 8.48. The van der Waals surface area contributed by atoms with Gasteiger partial charge >= 0.3 is 12.2 Å². The number of carbonyl (C=O) groups is 2. The molecule has 3 amide bonds. The van der Waals surface area contributed by atoms with Crippen molar-refractivity contribution in [2.45, 2.75) is 38.8 Å². The molecule has 3 rings (SSSR count). The average Bonchev–Trinajstić information content (AvgIpc) is 2.79. The van der Waals surface area contributed by atoms with E-state index in [-0.39, 0.29) is 23.8 Å². The molecule has 0 N–H and O–H groups in total. The maximum absolute atomic E-state index is 13.1. The van der Waals surface area contributed by atoms with Crippen LogP contribution in [0.4, 0.5) is 18.0 Å². The number of rotatable bonds is 5. The minimum absolute atomic E-state index is 0.0471. The van der Waals surface area contributed by atoms with Gasteiger partial charge in [-0.1, -0.05) is 12.1 Å². The van der Waals surface area contributed by atoms with Crippen LogP contribution in [0.2, 0.25) is 0 Å². The Morgan fingerprint density at radius 1 is 1.03 bits per heavy atom. The monoisotopic (exact) mass is 455 g/mol. The van der Waals surface area contributed by atoms with Gasteiger partial charge in [0.2, 0.25) is 5.91 Å². The summed E-state index contributed by atoms with van der Waals surface area (Å²) in [5.41, 5.74) is 0.0735. The van der Waals surface area contributed by atoms with Crippen molar-refractivity contribution in [2.24, 2.45) is 5.92 Å². The van der Waals surface area contributed by atoms with Crippen molar-refractivity contribution in [3.63, 3.8) is 0 Å². The minimum atomic E-state index is -4.39. The Kier molecular flexibility index (Phi) is 8.03. The third kappa shape index (κ3) is 5.94. The fourth-order valence-corrected chi connectivity index (χ4v) is 4.60. The van der Waals surface area contributed by atoms with Gasteiger partial charge in [-0.25, -0.2) is 4.79 Å². The van der Waals surface area contributed by atoms with Gasteiger partial charge in [-0.05, 0) is 43.9 Å². The van der Waals surface area contributed by atoms with E-state index in [0.29, 0.717) is 65.3 Å². The third-order valence-corrected chi connectivity index (χ3v) is 6.38. The molecule has 0 saturated carbocycles. The Morgan fingerprint density at radius 3 is 2.22 bits per heavy atom. The molecular formula is C23H32F3N3O3. The smallest absolute Gasteiger partial charge is 0.378 e. The van der Waals surface area contributed by atoms with Crippen LogP contribution < -0.4 is 0 Å². The van der Waals surface area contributed by atoms with E-state index in [1.807, 2.05) is 13.8 Å². The van der Waals surface area contributed by atoms with Crippen molar-refractivity contribution >= 4 is 11.9 Å². The van der Waals surface area contributed by atoms with Gasteiger partial charge in [-0.15, -0.1) is 0 Å². The molecule has 2 aliphatic heterocycles. The van der Waals surface area contributed by atoms with Crippen molar-refractivity contribution in [1.82, 2.24) is 14.7 Å². The zero-order valence-electron chi connectivity index (χ0n) is 18.7. The largest absolute Gasteiger partial charge is 0.416 e. The van der Waals surface area contributed by atoms with Crippen LogP contribution in [0.1, 0.15) is 43.7 Å². The van der Waals surface area contributed by atoms with Crippen molar-refractivity contribution in [3.8, 4) is 0 Å². The molecule has 6 nitrogen and oxygen atoms in total. The first kappa shape index (κ1) is 24.4. The molecule has 2 fully saturated rings. The highest BCUT2D eigenvalue weighted by molar-refractivity contribution is 5.77. The van der Waals surface area contributed by atoms with Gasteiger partial charge in [0.25, 0.3) is 0 Å². The number of piperidine rings is 1. The molecule has 0 spiro atoms. The molecule has 1 aromatic carbocycles. The number of hydrogen-bond acceptors (Lipinski definition) is 3. The lowest BCUT2D eigenvalue weighted by molar-refractivity contribution is -0.137. The van der Waals surface area contributed by atoms with Crippen molar-refractivity contribution in [3.05, 3.63) is 35.4 Å². The summed E-state index contributed by atoms with van der Waals surface area (Å²) in [5.74, 6) is -0.119. The zero-order valence-corrected chi connectivity index (χ0v) is 18.7. The normalized spacial score (nSPS) is 22.0. The molecule has 0 aliphatic carbocycles. The number of hydrogen-bond donors (Lipinski definition) is 0. The van der Waals surface area contributed by atoms with Crippen molar-refractivity contribution in [2.75, 3.05) is 52.5 Å². The van der Waals surface area contributed by atoms with E-state index in [9.17, 15) is 22.8 Å². The number of ether oxygens (including phenoxy) is 1. The topological polar surface area (TPSA) is 53.1 Å². The van der Waals surface area contributed by atoms with Gasteiger partial charge in [0.1, 0.15) is 0 Å². The first-order valence-corrected chi connectivity index (χ1v) is 11.3. The minimum Gasteiger partial charge on any atom is -0.378 e. The summed E-state index contributed by atoms with van der Waals surface area (Å²) in [6.07, 6.45) is -3.40. The van der Waals surface area contributed by atoms with Gasteiger partial charge < -0.3 is 19.4 Å². The lowest BCUT2D eigenvalue weighted by Gasteiger charge is -2.41. The number of nitrogens with zero attached hydrogens (tertiary/aromatic N) is 3. The second kappa shape index (κ2) is 10.6. The molecule has 0 aromatic heterocycles. The molecule has 2 unspecified atom stereocenters. The molecule has 0 bridgehead atoms. The number of benzene rings is 1. The zero-order chi connectivity index (χ0) is 23.3. The van der Waals surface area contributed by atoms with E-state index < -0.39 is 11.7 Å². The highest BCUT2D eigenvalue weighted by atomic mass is 19.4. The number of amides is 3. The summed E-state index contributed by atoms with van der Waals surface area (Å²) in [4.78, 5) is 31.2. The maximum atomic E-state index is 13.1. The molecule has 2 aliphatic rings. The van der Waals surface area contributed by atoms with E-state index in [1.165, 1.54) is 12.1 Å². The van der Waals surface area contributed by atoms with E-state index in [1.54, 1.807) is 14.7 Å². The summed E-state index contributed by atoms with van der Waals surface area (Å²) in [7, 11) is 0. The van der Waals surface area contributed by atoms with Crippen LogP contribution in [0.3, 0.4) is 0 Å². The standard InChI is InChI=1S/C23H32F3N3O3/c1-3-27(4-2)21(30)14-17-13-19(18-5-7-20(8-6-18)23(24,25)26)16-29(15-17)22(31)28-9-11-32-12-10-28/h5-8,17,19H,3-4,9-16H2,1-2H3. The number of urea groups is 1. The van der Waals surface area contributed by atoms with Gasteiger partial charge in [-0.3, -0.25) is 4.79 Å². The Bertz CT molecular complexity index is 775. The quantitative estimate of drug-likeness (QED) is 0.678. The van der Waals surface area contributed by atoms with Crippen LogP contribution in [0.25, 0.3) is 0 Å². The third-order valence-electron chi connectivity index (χ3n) is 6.38. The Labute approximate surface area is 187 Å². The first-order valence-electron chi connectivity index (χ1n) is 11.3. The molecule has 2 saturated heterocycles.